The van der Waals surface area contributed by atoms with Crippen LogP contribution in [0.1, 0.15) is 24.8 Å². The minimum absolute atomic E-state index is 0.112. The van der Waals surface area contributed by atoms with Crippen molar-refractivity contribution in [2.24, 2.45) is 0 Å². The van der Waals surface area contributed by atoms with Crippen molar-refractivity contribution in [1.29, 1.82) is 0 Å². The first-order chi connectivity index (χ1) is 10.2. The van der Waals surface area contributed by atoms with Crippen LogP contribution < -0.4 is 5.32 Å². The lowest BCUT2D eigenvalue weighted by atomic mass is 9.64. The van der Waals surface area contributed by atoms with Gasteiger partial charge in [-0.05, 0) is 25.5 Å². The van der Waals surface area contributed by atoms with E-state index in [1.165, 1.54) is 0 Å². The minimum Gasteiger partial charge on any atom is -0.374 e. The standard InChI is InChI=1S/C17H24N2O2/c1-19-10-11-21-15(13-19)12-18-16(20)17(8-5-9-17)14-6-3-2-4-7-14/h2-4,6-7,15H,5,8-13H2,1H3,(H,18,20)/t15-/m0/s1. The van der Waals surface area contributed by atoms with Crippen LogP contribution in [0.2, 0.25) is 0 Å². The molecular weight excluding hydrogens is 264 g/mol. The predicted molar refractivity (Wildman–Crippen MR) is 82.2 cm³/mol. The number of hydrogen-bond acceptors (Lipinski definition) is 3. The number of ether oxygens (including phenoxy) is 1. The first-order valence-electron chi connectivity index (χ1n) is 7.85. The van der Waals surface area contributed by atoms with Crippen LogP contribution in [0.25, 0.3) is 0 Å². The van der Waals surface area contributed by atoms with E-state index in [0.29, 0.717) is 6.54 Å². The topological polar surface area (TPSA) is 41.6 Å². The molecular formula is C17H24N2O2. The molecule has 1 saturated carbocycles. The summed E-state index contributed by atoms with van der Waals surface area (Å²) in [6.07, 6.45) is 3.15. The SMILES string of the molecule is CN1CCO[C@@H](CNC(=O)C2(c3ccccc3)CCC2)C1. The van der Waals surface area contributed by atoms with Gasteiger partial charge in [-0.1, -0.05) is 36.8 Å². The lowest BCUT2D eigenvalue weighted by Gasteiger charge is -2.41. The maximum absolute atomic E-state index is 12.7. The van der Waals surface area contributed by atoms with Gasteiger partial charge in [0.25, 0.3) is 0 Å². The van der Waals surface area contributed by atoms with E-state index in [1.54, 1.807) is 0 Å². The molecule has 1 atom stereocenters. The van der Waals surface area contributed by atoms with Crippen LogP contribution in [0.5, 0.6) is 0 Å². The maximum Gasteiger partial charge on any atom is 0.230 e. The summed E-state index contributed by atoms with van der Waals surface area (Å²) in [6, 6.07) is 10.2. The average molecular weight is 288 g/mol. The lowest BCUT2D eigenvalue weighted by Crippen LogP contribution is -2.53. The Hall–Kier alpha value is -1.39. The van der Waals surface area contributed by atoms with Gasteiger partial charge in [0.1, 0.15) is 0 Å². The summed E-state index contributed by atoms with van der Waals surface area (Å²) < 4.78 is 5.71. The summed E-state index contributed by atoms with van der Waals surface area (Å²) in [5.41, 5.74) is 0.845. The molecule has 2 fully saturated rings. The zero-order chi connectivity index (χ0) is 14.7. The number of hydrogen-bond donors (Lipinski definition) is 1. The second kappa shape index (κ2) is 6.16. The van der Waals surface area contributed by atoms with Gasteiger partial charge in [0.05, 0.1) is 18.1 Å². The van der Waals surface area contributed by atoms with E-state index in [0.717, 1.165) is 44.5 Å². The fourth-order valence-electron chi connectivity index (χ4n) is 3.30. The number of morpholine rings is 1. The maximum atomic E-state index is 12.7. The van der Waals surface area contributed by atoms with Gasteiger partial charge in [-0.3, -0.25) is 4.79 Å². The Labute approximate surface area is 126 Å². The van der Waals surface area contributed by atoms with Crippen molar-refractivity contribution < 1.29 is 9.53 Å². The van der Waals surface area contributed by atoms with Gasteiger partial charge >= 0.3 is 0 Å². The zero-order valence-electron chi connectivity index (χ0n) is 12.7. The minimum atomic E-state index is -0.304. The summed E-state index contributed by atoms with van der Waals surface area (Å²) >= 11 is 0. The fourth-order valence-corrected chi connectivity index (χ4v) is 3.30. The van der Waals surface area contributed by atoms with Gasteiger partial charge in [0.15, 0.2) is 0 Å². The third-order valence-corrected chi connectivity index (χ3v) is 4.80. The van der Waals surface area contributed by atoms with Crippen molar-refractivity contribution in [1.82, 2.24) is 10.2 Å². The summed E-state index contributed by atoms with van der Waals surface area (Å²) in [5, 5.41) is 3.12. The number of nitrogens with zero attached hydrogens (tertiary/aromatic N) is 1. The molecule has 1 saturated heterocycles. The van der Waals surface area contributed by atoms with E-state index < -0.39 is 0 Å². The molecule has 1 aromatic carbocycles. The van der Waals surface area contributed by atoms with Crippen molar-refractivity contribution in [2.75, 3.05) is 33.3 Å². The zero-order valence-corrected chi connectivity index (χ0v) is 12.7. The molecule has 1 heterocycles. The van der Waals surface area contributed by atoms with Gasteiger partial charge < -0.3 is 15.0 Å². The van der Waals surface area contributed by atoms with E-state index in [-0.39, 0.29) is 17.4 Å². The molecule has 1 amide bonds. The largest absolute Gasteiger partial charge is 0.374 e. The summed E-state index contributed by atoms with van der Waals surface area (Å²) in [4.78, 5) is 14.9. The van der Waals surface area contributed by atoms with Crippen molar-refractivity contribution in [2.45, 2.75) is 30.8 Å². The average Bonchev–Trinajstić information content (AvgIpc) is 2.45. The smallest absolute Gasteiger partial charge is 0.230 e. The van der Waals surface area contributed by atoms with E-state index in [1.807, 2.05) is 18.2 Å². The highest BCUT2D eigenvalue weighted by atomic mass is 16.5. The molecule has 3 rings (SSSR count). The molecule has 1 aliphatic carbocycles. The summed E-state index contributed by atoms with van der Waals surface area (Å²) in [6.45, 7) is 3.22. The lowest BCUT2D eigenvalue weighted by molar-refractivity contribution is -0.131. The Morgan fingerprint density at radius 3 is 2.76 bits per heavy atom. The van der Waals surface area contributed by atoms with E-state index >= 15 is 0 Å². The number of carbonyl (C=O) groups excluding carboxylic acids is 1. The second-order valence-electron chi connectivity index (χ2n) is 6.27. The highest BCUT2D eigenvalue weighted by Crippen LogP contribution is 2.43. The molecule has 0 bridgehead atoms. The van der Waals surface area contributed by atoms with Crippen LogP contribution in [0.15, 0.2) is 30.3 Å². The highest BCUT2D eigenvalue weighted by molar-refractivity contribution is 5.89. The van der Waals surface area contributed by atoms with Crippen LogP contribution in [0, 0.1) is 0 Å². The molecule has 0 unspecified atom stereocenters. The Bertz CT molecular complexity index is 485. The Balaban J connectivity index is 1.61. The van der Waals surface area contributed by atoms with Crippen LogP contribution in [-0.2, 0) is 14.9 Å². The first-order valence-corrected chi connectivity index (χ1v) is 7.85. The van der Waals surface area contributed by atoms with Crippen LogP contribution in [0.4, 0.5) is 0 Å². The van der Waals surface area contributed by atoms with Gasteiger partial charge in [0.2, 0.25) is 5.91 Å². The molecule has 0 aromatic heterocycles. The molecule has 114 valence electrons. The highest BCUT2D eigenvalue weighted by Gasteiger charge is 2.45. The van der Waals surface area contributed by atoms with Crippen molar-refractivity contribution in [3.05, 3.63) is 35.9 Å². The fraction of sp³-hybridized carbons (Fsp3) is 0.588. The molecule has 4 heteroatoms. The van der Waals surface area contributed by atoms with Gasteiger partial charge in [-0.25, -0.2) is 0 Å². The molecule has 1 aliphatic heterocycles. The van der Waals surface area contributed by atoms with Crippen LogP contribution in [-0.4, -0.2) is 50.2 Å². The molecule has 1 aromatic rings. The summed E-state index contributed by atoms with van der Waals surface area (Å²) in [5.74, 6) is 0.164. The molecule has 4 nitrogen and oxygen atoms in total. The number of nitrogens with one attached hydrogen (secondary N) is 1. The van der Waals surface area contributed by atoms with Crippen molar-refractivity contribution in [3.63, 3.8) is 0 Å². The molecule has 1 N–H and O–H groups in total. The van der Waals surface area contributed by atoms with Crippen molar-refractivity contribution >= 4 is 5.91 Å². The number of carbonyl (C=O) groups is 1. The van der Waals surface area contributed by atoms with Crippen LogP contribution in [0.3, 0.4) is 0 Å². The third-order valence-electron chi connectivity index (χ3n) is 4.80. The monoisotopic (exact) mass is 288 g/mol. The number of likely N-dealkylation sites (N-methyl/N-ethyl adjacent to an activating group) is 1. The molecule has 0 spiro atoms. The van der Waals surface area contributed by atoms with E-state index in [4.69, 9.17) is 4.74 Å². The quantitative estimate of drug-likeness (QED) is 0.914. The van der Waals surface area contributed by atoms with E-state index in [9.17, 15) is 4.79 Å². The number of benzene rings is 1. The third kappa shape index (κ3) is 2.97. The van der Waals surface area contributed by atoms with E-state index in [2.05, 4.69) is 29.4 Å². The van der Waals surface area contributed by atoms with Gasteiger partial charge in [0, 0.05) is 19.6 Å². The molecule has 21 heavy (non-hydrogen) atoms. The number of amides is 1. The first kappa shape index (κ1) is 14.5. The Morgan fingerprint density at radius 2 is 2.14 bits per heavy atom. The Morgan fingerprint density at radius 1 is 1.38 bits per heavy atom. The van der Waals surface area contributed by atoms with Gasteiger partial charge in [-0.2, -0.15) is 0 Å². The molecule has 2 aliphatic rings. The number of rotatable bonds is 4. The van der Waals surface area contributed by atoms with Crippen molar-refractivity contribution in [3.8, 4) is 0 Å². The molecule has 0 radical (unpaired) electrons. The second-order valence-corrected chi connectivity index (χ2v) is 6.27. The van der Waals surface area contributed by atoms with Crippen LogP contribution >= 0.6 is 0 Å². The normalized spacial score (nSPS) is 25.1. The Kier molecular flexibility index (Phi) is 4.27. The van der Waals surface area contributed by atoms with Gasteiger partial charge in [-0.15, -0.1) is 0 Å². The predicted octanol–water partition coefficient (Wildman–Crippen LogP) is 1.56. The summed E-state index contributed by atoms with van der Waals surface area (Å²) in [7, 11) is 2.09.